The summed E-state index contributed by atoms with van der Waals surface area (Å²) in [4.78, 5) is 0. The standard InChI is InChI=1S/C19H37BN2O6P2/c1-7-25-30(23,26-8-2)13-10-17-14-18(19(20)27-17)28-29(24-12-9-11-21)22(15(3)4)16(5)6/h15-19H,7-10,12-14H2,1-6H3/t17-,18?,19-,29?/m1/s1. The fourth-order valence-electron chi connectivity index (χ4n) is 3.32. The first kappa shape index (κ1) is 28.0. The SMILES string of the molecule is [B][C@@H]1O[C@H](CCP(=O)(OCC)OCC)CC1OP(OCCC#N)N(C(C)C)C(C)C. The molecule has 0 N–H and O–H groups in total. The van der Waals surface area contributed by atoms with Gasteiger partial charge in [0, 0.05) is 24.5 Å². The maximum atomic E-state index is 12.7. The minimum absolute atomic E-state index is 0.193. The second-order valence-corrected chi connectivity index (χ2v) is 11.2. The topological polar surface area (TPSA) is 90.3 Å². The molecule has 11 heteroatoms. The third-order valence-electron chi connectivity index (χ3n) is 4.48. The monoisotopic (exact) mass is 462 g/mol. The van der Waals surface area contributed by atoms with Crippen molar-refractivity contribution in [3.05, 3.63) is 0 Å². The lowest BCUT2D eigenvalue weighted by Gasteiger charge is -2.37. The van der Waals surface area contributed by atoms with Crippen LogP contribution in [0.4, 0.5) is 0 Å². The van der Waals surface area contributed by atoms with Gasteiger partial charge >= 0.3 is 7.60 Å². The number of hydrogen-bond donors (Lipinski definition) is 0. The molecule has 1 aliphatic rings. The average molecular weight is 462 g/mol. The molecule has 2 radical (unpaired) electrons. The molecular weight excluding hydrogens is 425 g/mol. The zero-order valence-electron chi connectivity index (χ0n) is 19.2. The van der Waals surface area contributed by atoms with E-state index in [4.69, 9.17) is 35.9 Å². The van der Waals surface area contributed by atoms with Crippen LogP contribution < -0.4 is 0 Å². The van der Waals surface area contributed by atoms with Crippen molar-refractivity contribution in [3.63, 3.8) is 0 Å². The molecule has 4 atom stereocenters. The number of nitrogens with zero attached hydrogens (tertiary/aromatic N) is 2. The maximum Gasteiger partial charge on any atom is 0.330 e. The quantitative estimate of drug-likeness (QED) is 0.198. The first-order chi connectivity index (χ1) is 14.2. The van der Waals surface area contributed by atoms with E-state index in [-0.39, 0.29) is 30.5 Å². The van der Waals surface area contributed by atoms with Gasteiger partial charge in [0.1, 0.15) is 7.85 Å². The Bertz CT molecular complexity index is 560. The molecule has 0 amide bonds. The van der Waals surface area contributed by atoms with Crippen LogP contribution >= 0.6 is 16.1 Å². The molecule has 172 valence electrons. The van der Waals surface area contributed by atoms with E-state index in [1.807, 2.05) is 0 Å². The smallest absolute Gasteiger partial charge is 0.330 e. The number of rotatable bonds is 15. The van der Waals surface area contributed by atoms with E-state index < -0.39 is 22.1 Å². The summed E-state index contributed by atoms with van der Waals surface area (Å²) in [5, 5.41) is 8.84. The Kier molecular flexibility index (Phi) is 13.2. The molecule has 1 rings (SSSR count). The van der Waals surface area contributed by atoms with Gasteiger partial charge in [-0.05, 0) is 48.0 Å². The van der Waals surface area contributed by atoms with Crippen LogP contribution in [-0.4, -0.2) is 68.8 Å². The molecule has 8 nitrogen and oxygen atoms in total. The maximum absolute atomic E-state index is 12.7. The van der Waals surface area contributed by atoms with Gasteiger partial charge in [0.15, 0.2) is 0 Å². The molecule has 1 fully saturated rings. The Hall–Kier alpha value is -0.0251. The molecule has 2 unspecified atom stereocenters. The minimum atomic E-state index is -3.12. The molecule has 1 saturated heterocycles. The second kappa shape index (κ2) is 14.2. The van der Waals surface area contributed by atoms with Gasteiger partial charge in [-0.1, -0.05) is 0 Å². The van der Waals surface area contributed by atoms with E-state index in [2.05, 4.69) is 38.4 Å². The normalized spacial score (nSPS) is 23.4. The predicted molar refractivity (Wildman–Crippen MR) is 119 cm³/mol. The van der Waals surface area contributed by atoms with Crippen LogP contribution in [0.3, 0.4) is 0 Å². The lowest BCUT2D eigenvalue weighted by Crippen LogP contribution is -2.36. The Morgan fingerprint density at radius 3 is 2.33 bits per heavy atom. The molecule has 0 aromatic heterocycles. The summed E-state index contributed by atoms with van der Waals surface area (Å²) >= 11 is 0. The van der Waals surface area contributed by atoms with Gasteiger partial charge < -0.3 is 22.8 Å². The van der Waals surface area contributed by atoms with E-state index in [1.165, 1.54) is 0 Å². The van der Waals surface area contributed by atoms with E-state index in [9.17, 15) is 4.57 Å². The summed E-state index contributed by atoms with van der Waals surface area (Å²) in [5.74, 6) is 0. The first-order valence-corrected chi connectivity index (χ1v) is 13.6. The predicted octanol–water partition coefficient (Wildman–Crippen LogP) is 4.59. The van der Waals surface area contributed by atoms with E-state index in [0.717, 1.165) is 0 Å². The summed E-state index contributed by atoms with van der Waals surface area (Å²) in [7, 11) is 1.67. The molecule has 0 spiro atoms. The zero-order chi connectivity index (χ0) is 22.7. The van der Waals surface area contributed by atoms with Crippen LogP contribution in [0.15, 0.2) is 0 Å². The summed E-state index contributed by atoms with van der Waals surface area (Å²) in [5.41, 5.74) is 0. The van der Waals surface area contributed by atoms with Gasteiger partial charge in [0.2, 0.25) is 0 Å². The van der Waals surface area contributed by atoms with Gasteiger partial charge in [0.25, 0.3) is 8.53 Å². The van der Waals surface area contributed by atoms with Gasteiger partial charge in [-0.3, -0.25) is 4.57 Å². The van der Waals surface area contributed by atoms with Crippen LogP contribution in [0.25, 0.3) is 0 Å². The highest BCUT2D eigenvalue weighted by molar-refractivity contribution is 7.53. The minimum Gasteiger partial charge on any atom is -0.382 e. The molecule has 1 aliphatic heterocycles. The summed E-state index contributed by atoms with van der Waals surface area (Å²) in [6.07, 6.45) is 1.12. The Labute approximate surface area is 184 Å². The van der Waals surface area contributed by atoms with Gasteiger partial charge in [-0.25, -0.2) is 4.67 Å². The molecule has 0 saturated carbocycles. The highest BCUT2D eigenvalue weighted by atomic mass is 31.2. The number of ether oxygens (including phenoxy) is 1. The zero-order valence-corrected chi connectivity index (χ0v) is 20.9. The molecule has 30 heavy (non-hydrogen) atoms. The van der Waals surface area contributed by atoms with Crippen molar-refractivity contribution in [2.45, 2.75) is 91.1 Å². The Morgan fingerprint density at radius 2 is 1.83 bits per heavy atom. The van der Waals surface area contributed by atoms with Crippen molar-refractivity contribution in [3.8, 4) is 6.07 Å². The molecule has 0 bridgehead atoms. The van der Waals surface area contributed by atoms with Crippen LogP contribution in [0.2, 0.25) is 0 Å². The van der Waals surface area contributed by atoms with E-state index in [1.54, 1.807) is 13.8 Å². The molecule has 0 aromatic rings. The fourth-order valence-corrected chi connectivity index (χ4v) is 6.79. The van der Waals surface area contributed by atoms with Crippen LogP contribution in [0, 0.1) is 11.3 Å². The summed E-state index contributed by atoms with van der Waals surface area (Å²) in [6.45, 7) is 12.9. The fraction of sp³-hybridized carbons (Fsp3) is 0.947. The molecule has 1 heterocycles. The summed E-state index contributed by atoms with van der Waals surface area (Å²) < 4.78 is 43.6. The largest absolute Gasteiger partial charge is 0.382 e. The average Bonchev–Trinajstić information content (AvgIpc) is 3.00. The van der Waals surface area contributed by atoms with Crippen molar-refractivity contribution in [1.29, 1.82) is 5.26 Å². The van der Waals surface area contributed by atoms with E-state index >= 15 is 0 Å². The third kappa shape index (κ3) is 9.22. The molecule has 0 aliphatic carbocycles. The number of hydrogen-bond acceptors (Lipinski definition) is 8. The van der Waals surface area contributed by atoms with Crippen LogP contribution in [0.1, 0.15) is 60.8 Å². The lowest BCUT2D eigenvalue weighted by molar-refractivity contribution is 0.0574. The lowest BCUT2D eigenvalue weighted by atomic mass is 9.94. The van der Waals surface area contributed by atoms with E-state index in [0.29, 0.717) is 39.1 Å². The Morgan fingerprint density at radius 1 is 1.23 bits per heavy atom. The number of nitriles is 1. The van der Waals surface area contributed by atoms with Crippen molar-refractivity contribution >= 4 is 24.0 Å². The van der Waals surface area contributed by atoms with Gasteiger partial charge in [-0.2, -0.15) is 5.26 Å². The molecular formula is C19H37BN2O6P2. The summed E-state index contributed by atoms with van der Waals surface area (Å²) in [6, 6.07) is 1.90. The second-order valence-electron chi connectivity index (χ2n) is 7.61. The van der Waals surface area contributed by atoms with Crippen LogP contribution in [-0.2, 0) is 27.4 Å². The molecule has 0 aromatic carbocycles. The first-order valence-electron chi connectivity index (χ1n) is 10.7. The van der Waals surface area contributed by atoms with Crippen LogP contribution in [0.5, 0.6) is 0 Å². The third-order valence-corrected chi connectivity index (χ3v) is 8.74. The van der Waals surface area contributed by atoms with Crippen molar-refractivity contribution in [1.82, 2.24) is 4.67 Å². The highest BCUT2D eigenvalue weighted by Gasteiger charge is 2.38. The Balaban J connectivity index is 2.75. The highest BCUT2D eigenvalue weighted by Crippen LogP contribution is 2.51. The van der Waals surface area contributed by atoms with Gasteiger partial charge in [0.05, 0.1) is 50.7 Å². The van der Waals surface area contributed by atoms with Crippen molar-refractivity contribution in [2.75, 3.05) is 26.0 Å². The van der Waals surface area contributed by atoms with Gasteiger partial charge in [-0.15, -0.1) is 0 Å². The van der Waals surface area contributed by atoms with Crippen molar-refractivity contribution < 1.29 is 27.4 Å². The van der Waals surface area contributed by atoms with Crippen molar-refractivity contribution in [2.24, 2.45) is 0 Å².